The van der Waals surface area contributed by atoms with E-state index in [2.05, 4.69) is 25.2 Å². The molecule has 0 unspecified atom stereocenters. The molecule has 0 aliphatic rings. The van der Waals surface area contributed by atoms with E-state index in [-0.39, 0.29) is 45.8 Å². The van der Waals surface area contributed by atoms with Gasteiger partial charge in [0.25, 0.3) is 5.91 Å². The number of anilines is 2. The molecule has 0 aliphatic heterocycles. The van der Waals surface area contributed by atoms with Gasteiger partial charge >= 0.3 is 6.36 Å². The van der Waals surface area contributed by atoms with Crippen LogP contribution in [0, 0.1) is 0 Å². The number of hydrogen-bond acceptors (Lipinski definition) is 8. The van der Waals surface area contributed by atoms with Gasteiger partial charge in [0.15, 0.2) is 11.6 Å². The van der Waals surface area contributed by atoms with E-state index in [1.807, 2.05) is 0 Å². The maximum Gasteiger partial charge on any atom is 0.573 e. The fraction of sp³-hybridized carbons (Fsp3) is 0.176. The van der Waals surface area contributed by atoms with Crippen LogP contribution in [0.2, 0.25) is 5.02 Å². The second-order valence-electron chi connectivity index (χ2n) is 5.71. The Balaban J connectivity index is 1.90. The highest BCUT2D eigenvalue weighted by molar-refractivity contribution is 6.33. The van der Waals surface area contributed by atoms with Gasteiger partial charge in [-0.15, -0.1) is 13.2 Å². The zero-order valence-electron chi connectivity index (χ0n) is 15.2. The number of rotatable bonds is 6. The van der Waals surface area contributed by atoms with Crippen LogP contribution in [0.3, 0.4) is 0 Å². The van der Waals surface area contributed by atoms with Crippen LogP contribution in [0.25, 0.3) is 11.3 Å². The number of benzene rings is 1. The summed E-state index contributed by atoms with van der Waals surface area (Å²) in [5.41, 5.74) is 5.88. The molecule has 2 aromatic heterocycles. The minimum absolute atomic E-state index is 0.0422. The molecular formula is C17H13ClF3N5O4. The van der Waals surface area contributed by atoms with Crippen LogP contribution in [0.1, 0.15) is 16.1 Å². The van der Waals surface area contributed by atoms with E-state index >= 15 is 0 Å². The summed E-state index contributed by atoms with van der Waals surface area (Å²) >= 11 is 6.03. The molecule has 9 nitrogen and oxygen atoms in total. The van der Waals surface area contributed by atoms with Crippen LogP contribution in [0.5, 0.6) is 5.75 Å². The molecule has 3 rings (SSSR count). The Morgan fingerprint density at radius 1 is 1.37 bits per heavy atom. The van der Waals surface area contributed by atoms with E-state index in [1.54, 1.807) is 0 Å². The van der Waals surface area contributed by atoms with Crippen molar-refractivity contribution >= 4 is 29.1 Å². The molecule has 2 heterocycles. The number of hydrogen-bond donors (Lipinski definition) is 2. The number of nitrogen functional groups attached to an aromatic ring is 1. The SMILES string of the molecule is COCc1nocc1C(=O)Nc1cnc(-c2c(Cl)cccc2OC(F)(F)F)c(N)n1. The highest BCUT2D eigenvalue weighted by Gasteiger charge is 2.33. The molecule has 0 atom stereocenters. The number of aromatic nitrogens is 3. The number of nitrogens with one attached hydrogen (secondary N) is 1. The van der Waals surface area contributed by atoms with Crippen molar-refractivity contribution in [2.45, 2.75) is 13.0 Å². The molecular weight excluding hydrogens is 431 g/mol. The van der Waals surface area contributed by atoms with Crippen molar-refractivity contribution in [2.24, 2.45) is 0 Å². The Bertz CT molecular complexity index is 1070. The van der Waals surface area contributed by atoms with Gasteiger partial charge in [-0.2, -0.15) is 0 Å². The van der Waals surface area contributed by atoms with E-state index in [0.717, 1.165) is 18.5 Å². The molecule has 0 spiro atoms. The summed E-state index contributed by atoms with van der Waals surface area (Å²) in [7, 11) is 1.42. The predicted molar refractivity (Wildman–Crippen MR) is 98.7 cm³/mol. The van der Waals surface area contributed by atoms with Gasteiger partial charge in [0.05, 0.1) is 23.4 Å². The number of halogens is 4. The molecule has 0 saturated heterocycles. The van der Waals surface area contributed by atoms with Crippen molar-refractivity contribution in [1.82, 2.24) is 15.1 Å². The van der Waals surface area contributed by atoms with Gasteiger partial charge in [-0.05, 0) is 12.1 Å². The number of ether oxygens (including phenoxy) is 2. The smallest absolute Gasteiger partial charge is 0.405 e. The minimum Gasteiger partial charge on any atom is -0.405 e. The summed E-state index contributed by atoms with van der Waals surface area (Å²) < 4.78 is 51.8. The minimum atomic E-state index is -4.95. The van der Waals surface area contributed by atoms with E-state index in [9.17, 15) is 18.0 Å². The maximum absolute atomic E-state index is 12.7. The molecule has 0 bridgehead atoms. The lowest BCUT2D eigenvalue weighted by Gasteiger charge is -2.15. The largest absolute Gasteiger partial charge is 0.573 e. The zero-order chi connectivity index (χ0) is 21.9. The molecule has 1 aromatic carbocycles. The van der Waals surface area contributed by atoms with Crippen molar-refractivity contribution in [3.8, 4) is 17.0 Å². The molecule has 158 valence electrons. The Morgan fingerprint density at radius 2 is 2.13 bits per heavy atom. The fourth-order valence-corrected chi connectivity index (χ4v) is 2.72. The van der Waals surface area contributed by atoms with Crippen LogP contribution in [-0.4, -0.2) is 34.5 Å². The van der Waals surface area contributed by atoms with Gasteiger partial charge in [-0.25, -0.2) is 9.97 Å². The van der Waals surface area contributed by atoms with Gasteiger partial charge in [0, 0.05) is 7.11 Å². The Hall–Kier alpha value is -3.38. The second-order valence-corrected chi connectivity index (χ2v) is 6.12. The molecule has 30 heavy (non-hydrogen) atoms. The van der Waals surface area contributed by atoms with E-state index in [4.69, 9.17) is 26.6 Å². The standard InChI is InChI=1S/C17H13ClF3N5O4/c1-28-7-10-8(6-29-26-10)16(27)25-12-5-23-14(15(22)24-12)13-9(18)3-2-4-11(13)30-17(19,20)21/h2-6H,7H2,1H3,(H3,22,24,25,27). The molecule has 3 aromatic rings. The number of nitrogens with zero attached hydrogens (tertiary/aromatic N) is 3. The van der Waals surface area contributed by atoms with Gasteiger partial charge in [0.1, 0.15) is 29.0 Å². The molecule has 3 N–H and O–H groups in total. The first kappa shape index (κ1) is 21.3. The van der Waals surface area contributed by atoms with E-state index in [1.165, 1.54) is 19.2 Å². The third-order valence-electron chi connectivity index (χ3n) is 3.65. The van der Waals surface area contributed by atoms with Crippen molar-refractivity contribution in [3.05, 3.63) is 46.9 Å². The first-order valence-electron chi connectivity index (χ1n) is 8.10. The number of nitrogens with two attached hydrogens (primary N) is 1. The number of alkyl halides is 3. The number of methoxy groups -OCH3 is 1. The summed E-state index contributed by atoms with van der Waals surface area (Å²) in [5, 5.41) is 6.00. The second kappa shape index (κ2) is 8.55. The quantitative estimate of drug-likeness (QED) is 0.591. The van der Waals surface area contributed by atoms with Crippen molar-refractivity contribution in [3.63, 3.8) is 0 Å². The summed E-state index contributed by atoms with van der Waals surface area (Å²) in [6.45, 7) is 0.0422. The lowest BCUT2D eigenvalue weighted by atomic mass is 10.1. The Kier molecular flexibility index (Phi) is 6.08. The first-order chi connectivity index (χ1) is 14.2. The van der Waals surface area contributed by atoms with Crippen LogP contribution in [0.4, 0.5) is 24.8 Å². The van der Waals surface area contributed by atoms with Crippen molar-refractivity contribution in [2.75, 3.05) is 18.2 Å². The van der Waals surface area contributed by atoms with E-state index in [0.29, 0.717) is 0 Å². The highest BCUT2D eigenvalue weighted by atomic mass is 35.5. The third-order valence-corrected chi connectivity index (χ3v) is 3.96. The Morgan fingerprint density at radius 3 is 2.80 bits per heavy atom. The van der Waals surface area contributed by atoms with Crippen molar-refractivity contribution in [1.29, 1.82) is 0 Å². The van der Waals surface area contributed by atoms with Crippen LogP contribution >= 0.6 is 11.6 Å². The van der Waals surface area contributed by atoms with Crippen LogP contribution in [0.15, 0.2) is 35.2 Å². The van der Waals surface area contributed by atoms with Gasteiger partial charge in [-0.1, -0.05) is 22.8 Å². The maximum atomic E-state index is 12.7. The number of amides is 1. The average Bonchev–Trinajstić information content (AvgIpc) is 3.10. The summed E-state index contributed by atoms with van der Waals surface area (Å²) in [6.07, 6.45) is -2.72. The van der Waals surface area contributed by atoms with Crippen LogP contribution in [-0.2, 0) is 11.3 Å². The topological polar surface area (TPSA) is 125 Å². The monoisotopic (exact) mass is 443 g/mol. The van der Waals surface area contributed by atoms with Crippen molar-refractivity contribution < 1.29 is 32.0 Å². The lowest BCUT2D eigenvalue weighted by molar-refractivity contribution is -0.274. The predicted octanol–water partition coefficient (Wildman–Crippen LogP) is 3.66. The normalized spacial score (nSPS) is 11.4. The highest BCUT2D eigenvalue weighted by Crippen LogP contribution is 2.40. The molecule has 0 radical (unpaired) electrons. The first-order valence-corrected chi connectivity index (χ1v) is 8.48. The summed E-state index contributed by atoms with van der Waals surface area (Å²) in [4.78, 5) is 20.3. The third kappa shape index (κ3) is 4.78. The summed E-state index contributed by atoms with van der Waals surface area (Å²) in [6, 6.07) is 3.69. The zero-order valence-corrected chi connectivity index (χ0v) is 15.9. The summed E-state index contributed by atoms with van der Waals surface area (Å²) in [5.74, 6) is -1.56. The van der Waals surface area contributed by atoms with E-state index < -0.39 is 18.0 Å². The number of carbonyl (C=O) groups excluding carboxylic acids is 1. The lowest BCUT2D eigenvalue weighted by Crippen LogP contribution is -2.18. The molecule has 1 amide bonds. The Labute approximate surface area is 171 Å². The van der Waals surface area contributed by atoms with Crippen LogP contribution < -0.4 is 15.8 Å². The number of carbonyl (C=O) groups is 1. The van der Waals surface area contributed by atoms with Gasteiger partial charge in [-0.3, -0.25) is 4.79 Å². The molecule has 0 aliphatic carbocycles. The fourth-order valence-electron chi connectivity index (χ4n) is 2.47. The van der Waals surface area contributed by atoms with Gasteiger partial charge in [0.2, 0.25) is 0 Å². The molecule has 13 heteroatoms. The molecule has 0 saturated carbocycles. The average molecular weight is 444 g/mol. The van der Waals surface area contributed by atoms with Gasteiger partial charge < -0.3 is 25.0 Å². The molecule has 0 fully saturated rings.